The molecule has 1 atom stereocenters. The first-order valence-electron chi connectivity index (χ1n) is 7.79. The zero-order chi connectivity index (χ0) is 15.9. The zero-order valence-electron chi connectivity index (χ0n) is 13.4. The quantitative estimate of drug-likeness (QED) is 0.769. The van der Waals surface area contributed by atoms with E-state index in [1.54, 1.807) is 11.9 Å². The van der Waals surface area contributed by atoms with Crippen LogP contribution in [0.5, 0.6) is 0 Å². The van der Waals surface area contributed by atoms with Gasteiger partial charge in [0.2, 0.25) is 11.8 Å². The Kier molecular flexibility index (Phi) is 3.90. The molecule has 0 aliphatic carbocycles. The van der Waals surface area contributed by atoms with Crippen molar-refractivity contribution in [2.45, 2.75) is 33.0 Å². The van der Waals surface area contributed by atoms with E-state index < -0.39 is 0 Å². The number of carbonyl (C=O) groups excluding carboxylic acids is 2. The van der Waals surface area contributed by atoms with Crippen LogP contribution in [0.2, 0.25) is 0 Å². The minimum absolute atomic E-state index is 0.0466. The van der Waals surface area contributed by atoms with Gasteiger partial charge in [-0.1, -0.05) is 0 Å². The summed E-state index contributed by atoms with van der Waals surface area (Å²) < 4.78 is 1.93. The lowest BCUT2D eigenvalue weighted by molar-refractivity contribution is -0.158. The van der Waals surface area contributed by atoms with Crippen LogP contribution in [-0.4, -0.2) is 75.6 Å². The first-order chi connectivity index (χ1) is 10.5. The maximum absolute atomic E-state index is 12.3. The summed E-state index contributed by atoms with van der Waals surface area (Å²) in [6.07, 6.45) is 2.07. The molecule has 0 saturated carbocycles. The van der Waals surface area contributed by atoms with Gasteiger partial charge in [0, 0.05) is 51.5 Å². The summed E-state index contributed by atoms with van der Waals surface area (Å²) in [5.41, 5.74) is 2.23. The van der Waals surface area contributed by atoms with Crippen LogP contribution < -0.4 is 0 Å². The van der Waals surface area contributed by atoms with Gasteiger partial charge in [-0.2, -0.15) is 5.10 Å². The van der Waals surface area contributed by atoms with Gasteiger partial charge in [-0.15, -0.1) is 0 Å². The molecule has 0 aromatic carbocycles. The number of hydrogen-bond acceptors (Lipinski definition) is 4. The van der Waals surface area contributed by atoms with Gasteiger partial charge in [0.15, 0.2) is 0 Å². The molecule has 3 rings (SSSR count). The Balaban J connectivity index is 1.71. The zero-order valence-corrected chi connectivity index (χ0v) is 13.4. The number of piperazine rings is 2. The molecule has 22 heavy (non-hydrogen) atoms. The van der Waals surface area contributed by atoms with E-state index in [9.17, 15) is 9.59 Å². The summed E-state index contributed by atoms with van der Waals surface area (Å²) in [6, 6.07) is -0.332. The van der Waals surface area contributed by atoms with Crippen molar-refractivity contribution in [3.63, 3.8) is 0 Å². The van der Waals surface area contributed by atoms with E-state index in [1.165, 1.54) is 10.5 Å². The van der Waals surface area contributed by atoms with E-state index in [1.807, 2.05) is 11.6 Å². The highest BCUT2D eigenvalue weighted by molar-refractivity contribution is 5.95. The first kappa shape index (κ1) is 15.0. The fourth-order valence-corrected chi connectivity index (χ4v) is 3.24. The predicted octanol–water partition coefficient (Wildman–Crippen LogP) is -0.304. The van der Waals surface area contributed by atoms with E-state index in [-0.39, 0.29) is 24.4 Å². The second-order valence-corrected chi connectivity index (χ2v) is 6.13. The Morgan fingerprint density at radius 1 is 1.32 bits per heavy atom. The van der Waals surface area contributed by atoms with Crippen LogP contribution in [0.15, 0.2) is 6.20 Å². The standard InChI is InChI=1S/C15H23N5O2/c1-4-19-8-12(11(2)16-19)7-18-5-6-20-13(9-18)15(22)17(3)10-14(20)21/h8,13H,4-7,9-10H2,1-3H3/t13-/m1/s1. The molecule has 1 aromatic heterocycles. The number of aromatic nitrogens is 2. The number of hydrogen-bond donors (Lipinski definition) is 0. The number of amides is 2. The first-order valence-corrected chi connectivity index (χ1v) is 7.79. The van der Waals surface area contributed by atoms with Gasteiger partial charge >= 0.3 is 0 Å². The van der Waals surface area contributed by atoms with E-state index in [2.05, 4.69) is 23.1 Å². The third-order valence-electron chi connectivity index (χ3n) is 4.58. The van der Waals surface area contributed by atoms with Crippen molar-refractivity contribution in [1.29, 1.82) is 0 Å². The summed E-state index contributed by atoms with van der Waals surface area (Å²) in [4.78, 5) is 29.9. The number of nitrogens with zero attached hydrogens (tertiary/aromatic N) is 5. The highest BCUT2D eigenvalue weighted by Gasteiger charge is 2.41. The van der Waals surface area contributed by atoms with Gasteiger partial charge in [0.25, 0.3) is 0 Å². The smallest absolute Gasteiger partial charge is 0.246 e. The predicted molar refractivity (Wildman–Crippen MR) is 81.1 cm³/mol. The molecule has 2 aliphatic heterocycles. The molecule has 120 valence electrons. The normalized spacial score (nSPS) is 23.1. The number of rotatable bonds is 3. The van der Waals surface area contributed by atoms with Gasteiger partial charge < -0.3 is 9.80 Å². The second-order valence-electron chi connectivity index (χ2n) is 6.13. The Bertz CT molecular complexity index is 597. The van der Waals surface area contributed by atoms with Crippen LogP contribution in [0.1, 0.15) is 18.2 Å². The van der Waals surface area contributed by atoms with Crippen LogP contribution in [0.25, 0.3) is 0 Å². The van der Waals surface area contributed by atoms with Crippen molar-refractivity contribution < 1.29 is 9.59 Å². The monoisotopic (exact) mass is 305 g/mol. The van der Waals surface area contributed by atoms with E-state index in [4.69, 9.17) is 0 Å². The van der Waals surface area contributed by atoms with Crippen LogP contribution >= 0.6 is 0 Å². The minimum atomic E-state index is -0.332. The molecular formula is C15H23N5O2. The van der Waals surface area contributed by atoms with Gasteiger partial charge in [-0.3, -0.25) is 19.2 Å². The lowest BCUT2D eigenvalue weighted by atomic mass is 10.1. The summed E-state index contributed by atoms with van der Waals surface area (Å²) in [7, 11) is 1.70. The Hall–Kier alpha value is -1.89. The van der Waals surface area contributed by atoms with Crippen LogP contribution in [0, 0.1) is 6.92 Å². The molecule has 0 radical (unpaired) electrons. The minimum Gasteiger partial charge on any atom is -0.335 e. The van der Waals surface area contributed by atoms with Gasteiger partial charge in [0.1, 0.15) is 6.04 Å². The largest absolute Gasteiger partial charge is 0.335 e. The molecule has 0 bridgehead atoms. The third-order valence-corrected chi connectivity index (χ3v) is 4.58. The Labute approximate surface area is 130 Å². The van der Waals surface area contributed by atoms with Crippen LogP contribution in [-0.2, 0) is 22.7 Å². The van der Waals surface area contributed by atoms with Gasteiger partial charge in [-0.05, 0) is 13.8 Å². The lowest BCUT2D eigenvalue weighted by Crippen LogP contribution is -2.65. The molecule has 3 heterocycles. The molecule has 2 amide bonds. The van der Waals surface area contributed by atoms with E-state index >= 15 is 0 Å². The number of fused-ring (bicyclic) bond motifs is 1. The van der Waals surface area contributed by atoms with Gasteiger partial charge in [0.05, 0.1) is 12.2 Å². The Morgan fingerprint density at radius 3 is 2.77 bits per heavy atom. The van der Waals surface area contributed by atoms with Crippen molar-refractivity contribution in [3.05, 3.63) is 17.5 Å². The average molecular weight is 305 g/mol. The lowest BCUT2D eigenvalue weighted by Gasteiger charge is -2.45. The maximum atomic E-state index is 12.3. The van der Waals surface area contributed by atoms with Crippen LogP contribution in [0.3, 0.4) is 0 Å². The summed E-state index contributed by atoms with van der Waals surface area (Å²) >= 11 is 0. The van der Waals surface area contributed by atoms with Crippen molar-refractivity contribution in [3.8, 4) is 0 Å². The van der Waals surface area contributed by atoms with E-state index in [0.717, 1.165) is 25.3 Å². The molecule has 7 nitrogen and oxygen atoms in total. The fourth-order valence-electron chi connectivity index (χ4n) is 3.24. The molecule has 1 aromatic rings. The molecule has 0 unspecified atom stereocenters. The maximum Gasteiger partial charge on any atom is 0.246 e. The molecule has 2 aliphatic rings. The molecule has 2 saturated heterocycles. The summed E-state index contributed by atoms with van der Waals surface area (Å²) in [5.74, 6) is 0.104. The van der Waals surface area contributed by atoms with E-state index in [0.29, 0.717) is 13.1 Å². The molecule has 0 N–H and O–H groups in total. The number of likely N-dealkylation sites (N-methyl/N-ethyl adjacent to an activating group) is 1. The summed E-state index contributed by atoms with van der Waals surface area (Å²) in [6.45, 7) is 7.96. The van der Waals surface area contributed by atoms with Crippen LogP contribution in [0.4, 0.5) is 0 Å². The molecule has 0 spiro atoms. The molecule has 7 heteroatoms. The number of aryl methyl sites for hydroxylation is 2. The van der Waals surface area contributed by atoms with Gasteiger partial charge in [-0.25, -0.2) is 0 Å². The highest BCUT2D eigenvalue weighted by atomic mass is 16.2. The topological polar surface area (TPSA) is 61.7 Å². The SMILES string of the molecule is CCn1cc(CN2CCN3C(=O)CN(C)C(=O)[C@H]3C2)c(C)n1. The number of carbonyl (C=O) groups is 2. The third kappa shape index (κ3) is 2.61. The highest BCUT2D eigenvalue weighted by Crippen LogP contribution is 2.19. The molecular weight excluding hydrogens is 282 g/mol. The fraction of sp³-hybridized carbons (Fsp3) is 0.667. The molecule has 2 fully saturated rings. The van der Waals surface area contributed by atoms with Crippen molar-refractivity contribution in [2.24, 2.45) is 0 Å². The van der Waals surface area contributed by atoms with Crippen molar-refractivity contribution >= 4 is 11.8 Å². The van der Waals surface area contributed by atoms with Crippen molar-refractivity contribution in [2.75, 3.05) is 33.2 Å². The summed E-state index contributed by atoms with van der Waals surface area (Å²) in [5, 5.41) is 4.47. The second kappa shape index (κ2) is 5.72. The average Bonchev–Trinajstić information content (AvgIpc) is 2.85. The Morgan fingerprint density at radius 2 is 2.09 bits per heavy atom. The van der Waals surface area contributed by atoms with Crippen molar-refractivity contribution in [1.82, 2.24) is 24.5 Å².